The van der Waals surface area contributed by atoms with Crippen molar-refractivity contribution in [1.29, 1.82) is 0 Å². The van der Waals surface area contributed by atoms with Gasteiger partial charge in [0.1, 0.15) is 12.1 Å². The lowest BCUT2D eigenvalue weighted by atomic mass is 9.98. The fourth-order valence-electron chi connectivity index (χ4n) is 2.66. The van der Waals surface area contributed by atoms with Gasteiger partial charge in [-0.05, 0) is 18.2 Å². The average molecular weight is 319 g/mol. The van der Waals surface area contributed by atoms with Gasteiger partial charge in [-0.1, -0.05) is 12.0 Å². The highest BCUT2D eigenvalue weighted by Crippen LogP contribution is 2.28. The molecule has 1 fully saturated rings. The normalized spacial score (nSPS) is 14.2. The number of benzene rings is 1. The minimum absolute atomic E-state index is 0.209. The molecular weight excluding hydrogens is 305 g/mol. The van der Waals surface area contributed by atoms with Crippen molar-refractivity contribution in [3.8, 4) is 12.3 Å². The van der Waals surface area contributed by atoms with Crippen molar-refractivity contribution in [3.05, 3.63) is 53.9 Å². The number of halogens is 1. The number of fused-ring (bicyclic) bond motifs is 1. The van der Waals surface area contributed by atoms with E-state index in [2.05, 4.69) is 31.5 Å². The van der Waals surface area contributed by atoms with E-state index in [1.807, 2.05) is 6.07 Å². The first kappa shape index (κ1) is 14.5. The molecule has 0 radical (unpaired) electrons. The van der Waals surface area contributed by atoms with Gasteiger partial charge in [0, 0.05) is 30.1 Å². The van der Waals surface area contributed by atoms with Crippen LogP contribution in [0.3, 0.4) is 0 Å². The first-order chi connectivity index (χ1) is 11.8. The van der Waals surface area contributed by atoms with E-state index in [4.69, 9.17) is 6.42 Å². The molecule has 0 amide bonds. The number of nitrogens with zero attached hydrogens (tertiary/aromatic N) is 3. The molecule has 0 bridgehead atoms. The Balaban J connectivity index is 1.77. The van der Waals surface area contributed by atoms with Gasteiger partial charge in [-0.2, -0.15) is 0 Å². The molecule has 24 heavy (non-hydrogen) atoms. The number of hydrogen-bond donors (Lipinski definition) is 2. The summed E-state index contributed by atoms with van der Waals surface area (Å²) >= 11 is 0. The Kier molecular flexibility index (Phi) is 3.56. The number of aromatic nitrogens is 3. The maximum Gasteiger partial charge on any atom is 0.162 e. The molecule has 1 aliphatic rings. The van der Waals surface area contributed by atoms with Crippen LogP contribution in [-0.2, 0) is 0 Å². The lowest BCUT2D eigenvalue weighted by Gasteiger charge is -2.26. The van der Waals surface area contributed by atoms with Gasteiger partial charge < -0.3 is 10.6 Å². The Bertz CT molecular complexity index is 959. The molecule has 0 saturated carbocycles. The zero-order valence-corrected chi connectivity index (χ0v) is 12.8. The fourth-order valence-corrected chi connectivity index (χ4v) is 2.66. The highest BCUT2D eigenvalue weighted by Gasteiger charge is 2.21. The van der Waals surface area contributed by atoms with Crippen LogP contribution in [0.4, 0.5) is 15.9 Å². The van der Waals surface area contributed by atoms with Crippen molar-refractivity contribution in [1.82, 2.24) is 20.3 Å². The molecule has 4 rings (SSSR count). The first-order valence-corrected chi connectivity index (χ1v) is 7.60. The van der Waals surface area contributed by atoms with E-state index in [9.17, 15) is 4.39 Å². The number of anilines is 2. The molecule has 2 aromatic heterocycles. The van der Waals surface area contributed by atoms with Crippen LogP contribution in [0.2, 0.25) is 0 Å². The summed E-state index contributed by atoms with van der Waals surface area (Å²) in [6.45, 7) is 1.82. The van der Waals surface area contributed by atoms with Gasteiger partial charge in [-0.15, -0.1) is 6.42 Å². The molecule has 1 aliphatic heterocycles. The van der Waals surface area contributed by atoms with Gasteiger partial charge in [0.15, 0.2) is 5.82 Å². The van der Waals surface area contributed by atoms with E-state index in [0.29, 0.717) is 17.3 Å². The zero-order chi connectivity index (χ0) is 16.5. The van der Waals surface area contributed by atoms with Crippen LogP contribution in [0.25, 0.3) is 10.9 Å². The molecule has 0 unspecified atom stereocenters. The molecular formula is C18H14FN5. The number of nitrogens with one attached hydrogen (secondary N) is 2. The predicted octanol–water partition coefficient (Wildman–Crippen LogP) is 2.58. The second-order valence-corrected chi connectivity index (χ2v) is 5.64. The lowest BCUT2D eigenvalue weighted by molar-refractivity contribution is 0.440. The fraction of sp³-hybridized carbons (Fsp3) is 0.167. The van der Waals surface area contributed by atoms with Crippen LogP contribution < -0.4 is 10.6 Å². The number of pyridine rings is 1. The topological polar surface area (TPSA) is 62.7 Å². The standard InChI is InChI=1S/C18H14FN5/c1-2-11-4-3-5-14(17(11)19)24-18-13-6-15(12-7-20-8-12)21-9-16(13)22-10-23-18/h1,3-6,9-10,12,20H,7-8H2,(H,22,23,24). The number of rotatable bonds is 3. The van der Waals surface area contributed by atoms with Crippen LogP contribution in [0, 0.1) is 18.2 Å². The van der Waals surface area contributed by atoms with Crippen molar-refractivity contribution < 1.29 is 4.39 Å². The summed E-state index contributed by atoms with van der Waals surface area (Å²) in [4.78, 5) is 13.0. The summed E-state index contributed by atoms with van der Waals surface area (Å²) < 4.78 is 14.4. The van der Waals surface area contributed by atoms with Gasteiger partial charge in [0.2, 0.25) is 0 Å². The molecule has 1 saturated heterocycles. The molecule has 5 nitrogen and oxygen atoms in total. The Labute approximate surface area is 138 Å². The first-order valence-electron chi connectivity index (χ1n) is 7.60. The predicted molar refractivity (Wildman–Crippen MR) is 90.6 cm³/mol. The second kappa shape index (κ2) is 5.87. The molecule has 3 aromatic rings. The Morgan fingerprint density at radius 3 is 2.88 bits per heavy atom. The van der Waals surface area contributed by atoms with Gasteiger partial charge >= 0.3 is 0 Å². The third kappa shape index (κ3) is 2.45. The largest absolute Gasteiger partial charge is 0.337 e. The quantitative estimate of drug-likeness (QED) is 0.727. The molecule has 6 heteroatoms. The molecule has 0 atom stereocenters. The van der Waals surface area contributed by atoms with Crippen molar-refractivity contribution in [2.24, 2.45) is 0 Å². The van der Waals surface area contributed by atoms with Crippen molar-refractivity contribution >= 4 is 22.4 Å². The van der Waals surface area contributed by atoms with Crippen molar-refractivity contribution in [2.45, 2.75) is 5.92 Å². The monoisotopic (exact) mass is 319 g/mol. The summed E-state index contributed by atoms with van der Waals surface area (Å²) in [5.41, 5.74) is 2.18. The van der Waals surface area contributed by atoms with Crippen molar-refractivity contribution in [3.63, 3.8) is 0 Å². The molecule has 0 aliphatic carbocycles. The molecule has 1 aromatic carbocycles. The van der Waals surface area contributed by atoms with Crippen LogP contribution in [0.5, 0.6) is 0 Å². The Morgan fingerprint density at radius 2 is 2.12 bits per heavy atom. The van der Waals surface area contributed by atoms with Crippen LogP contribution >= 0.6 is 0 Å². The summed E-state index contributed by atoms with van der Waals surface area (Å²) in [5.74, 6) is 2.79. The van der Waals surface area contributed by atoms with E-state index in [1.165, 1.54) is 6.33 Å². The minimum Gasteiger partial charge on any atom is -0.337 e. The number of hydrogen-bond acceptors (Lipinski definition) is 5. The van der Waals surface area contributed by atoms with E-state index >= 15 is 0 Å². The summed E-state index contributed by atoms with van der Waals surface area (Å²) in [5, 5.41) is 7.06. The van der Waals surface area contributed by atoms with Crippen LogP contribution in [-0.4, -0.2) is 28.0 Å². The number of terminal acetylenes is 1. The lowest BCUT2D eigenvalue weighted by Crippen LogP contribution is -2.40. The summed E-state index contributed by atoms with van der Waals surface area (Å²) in [6.07, 6.45) is 8.48. The highest BCUT2D eigenvalue weighted by atomic mass is 19.1. The van der Waals surface area contributed by atoms with E-state index in [-0.39, 0.29) is 11.3 Å². The van der Waals surface area contributed by atoms with Gasteiger partial charge in [0.25, 0.3) is 0 Å². The van der Waals surface area contributed by atoms with E-state index in [1.54, 1.807) is 24.4 Å². The molecule has 118 valence electrons. The maximum atomic E-state index is 14.4. The van der Waals surface area contributed by atoms with Crippen LogP contribution in [0.15, 0.2) is 36.8 Å². The zero-order valence-electron chi connectivity index (χ0n) is 12.8. The Hall–Kier alpha value is -3.04. The summed E-state index contributed by atoms with van der Waals surface area (Å²) in [7, 11) is 0. The van der Waals surface area contributed by atoms with Gasteiger partial charge in [-0.3, -0.25) is 4.98 Å². The van der Waals surface area contributed by atoms with Gasteiger partial charge in [-0.25, -0.2) is 14.4 Å². The Morgan fingerprint density at radius 1 is 1.25 bits per heavy atom. The third-order valence-corrected chi connectivity index (χ3v) is 4.15. The minimum atomic E-state index is -0.468. The van der Waals surface area contributed by atoms with Gasteiger partial charge in [0.05, 0.1) is 23.0 Å². The average Bonchev–Trinajstić information content (AvgIpc) is 2.55. The smallest absolute Gasteiger partial charge is 0.162 e. The highest BCUT2D eigenvalue weighted by molar-refractivity contribution is 5.90. The molecule has 0 spiro atoms. The summed E-state index contributed by atoms with van der Waals surface area (Å²) in [6, 6.07) is 6.86. The third-order valence-electron chi connectivity index (χ3n) is 4.15. The SMILES string of the molecule is C#Cc1cccc(Nc2ncnc3cnc(C4CNC4)cc23)c1F. The molecule has 2 N–H and O–H groups in total. The van der Waals surface area contributed by atoms with E-state index < -0.39 is 5.82 Å². The second-order valence-electron chi connectivity index (χ2n) is 5.64. The maximum absolute atomic E-state index is 14.4. The molecule has 3 heterocycles. The van der Waals surface area contributed by atoms with Crippen LogP contribution in [0.1, 0.15) is 17.2 Å². The van der Waals surface area contributed by atoms with E-state index in [0.717, 1.165) is 24.2 Å². The van der Waals surface area contributed by atoms with Crippen molar-refractivity contribution in [2.75, 3.05) is 18.4 Å².